The molecule has 0 aliphatic heterocycles. The fraction of sp³-hybridized carbons (Fsp3) is 0.727. The third kappa shape index (κ3) is 2.05. The van der Waals surface area contributed by atoms with Crippen molar-refractivity contribution >= 4 is 0 Å². The van der Waals surface area contributed by atoms with Crippen LogP contribution in [0.2, 0.25) is 0 Å². The van der Waals surface area contributed by atoms with E-state index in [2.05, 4.69) is 51.0 Å². The summed E-state index contributed by atoms with van der Waals surface area (Å²) < 4.78 is 5.45. The van der Waals surface area contributed by atoms with Crippen LogP contribution < -0.4 is 4.74 Å². The molecule has 1 aromatic rings. The molecule has 0 N–H and O–H groups in total. The number of fused-ring (bicyclic) bond motifs is 5. The van der Waals surface area contributed by atoms with Crippen LogP contribution in [-0.2, 0) is 6.42 Å². The quantitative estimate of drug-likeness (QED) is 0.768. The Balaban J connectivity index is 1.68. The Morgan fingerprint density at radius 1 is 1.08 bits per heavy atom. The smallest absolute Gasteiger partial charge is 0.119 e. The van der Waals surface area contributed by atoms with E-state index in [4.69, 9.17) is 4.74 Å². The highest BCUT2D eigenvalue weighted by Gasteiger charge is 2.60. The van der Waals surface area contributed by atoms with E-state index in [1.54, 1.807) is 18.2 Å². The molecule has 3 aliphatic carbocycles. The summed E-state index contributed by atoms with van der Waals surface area (Å²) in [7, 11) is 6.37. The molecule has 2 saturated carbocycles. The fourth-order valence-electron chi connectivity index (χ4n) is 6.66. The van der Waals surface area contributed by atoms with Gasteiger partial charge in [-0.05, 0) is 106 Å². The Kier molecular flexibility index (Phi) is 3.76. The molecule has 2 fully saturated rings. The Hall–Kier alpha value is -1.02. The largest absolute Gasteiger partial charge is 0.497 e. The molecule has 0 unspecified atom stereocenters. The maximum Gasteiger partial charge on any atom is 0.119 e. The molecule has 0 amide bonds. The lowest BCUT2D eigenvalue weighted by atomic mass is 9.52. The SMILES string of the molecule is COc1ccc2c(c1)CC[C@H]1[C@@H]2CC[C@@]2(C)[C@H]1CC[C@@]2(C)N(C)C. The molecular formula is C22H33NO. The highest BCUT2D eigenvalue weighted by atomic mass is 16.5. The molecule has 0 radical (unpaired) electrons. The average Bonchev–Trinajstić information content (AvgIpc) is 2.87. The number of benzene rings is 1. The molecule has 0 aromatic heterocycles. The van der Waals surface area contributed by atoms with E-state index in [1.165, 1.54) is 38.5 Å². The maximum atomic E-state index is 5.45. The summed E-state index contributed by atoms with van der Waals surface area (Å²) >= 11 is 0. The van der Waals surface area contributed by atoms with E-state index in [0.29, 0.717) is 11.0 Å². The minimum Gasteiger partial charge on any atom is -0.497 e. The number of hydrogen-bond acceptors (Lipinski definition) is 2. The zero-order valence-corrected chi connectivity index (χ0v) is 16.1. The molecule has 3 aliphatic rings. The van der Waals surface area contributed by atoms with Crippen LogP contribution in [-0.4, -0.2) is 31.6 Å². The predicted octanol–water partition coefficient (Wildman–Crippen LogP) is 4.87. The van der Waals surface area contributed by atoms with Gasteiger partial charge in [0, 0.05) is 5.54 Å². The van der Waals surface area contributed by atoms with Gasteiger partial charge in [0.25, 0.3) is 0 Å². The summed E-state index contributed by atoms with van der Waals surface area (Å²) in [6, 6.07) is 6.83. The van der Waals surface area contributed by atoms with Gasteiger partial charge in [0.1, 0.15) is 5.75 Å². The van der Waals surface area contributed by atoms with E-state index in [0.717, 1.165) is 23.5 Å². The van der Waals surface area contributed by atoms with Gasteiger partial charge in [-0.2, -0.15) is 0 Å². The van der Waals surface area contributed by atoms with Gasteiger partial charge >= 0.3 is 0 Å². The molecule has 0 heterocycles. The van der Waals surface area contributed by atoms with Crippen molar-refractivity contribution in [1.29, 1.82) is 0 Å². The number of methoxy groups -OCH3 is 1. The highest BCUT2D eigenvalue weighted by molar-refractivity contribution is 5.41. The van der Waals surface area contributed by atoms with Gasteiger partial charge < -0.3 is 9.64 Å². The van der Waals surface area contributed by atoms with Crippen LogP contribution in [0, 0.1) is 17.3 Å². The van der Waals surface area contributed by atoms with Crippen LogP contribution in [0.25, 0.3) is 0 Å². The minimum absolute atomic E-state index is 0.364. The summed E-state index contributed by atoms with van der Waals surface area (Å²) in [5.41, 5.74) is 4.02. The van der Waals surface area contributed by atoms with Gasteiger partial charge in [-0.15, -0.1) is 0 Å². The van der Waals surface area contributed by atoms with Crippen LogP contribution in [0.5, 0.6) is 5.75 Å². The van der Waals surface area contributed by atoms with Crippen LogP contribution in [0.1, 0.15) is 63.0 Å². The first-order valence-electron chi connectivity index (χ1n) is 9.75. The highest BCUT2D eigenvalue weighted by Crippen LogP contribution is 2.65. The van der Waals surface area contributed by atoms with Crippen molar-refractivity contribution < 1.29 is 4.74 Å². The van der Waals surface area contributed by atoms with E-state index >= 15 is 0 Å². The van der Waals surface area contributed by atoms with Crippen molar-refractivity contribution in [3.8, 4) is 5.75 Å². The summed E-state index contributed by atoms with van der Waals surface area (Å²) in [6.07, 6.45) is 8.12. The molecule has 0 bridgehead atoms. The molecule has 1 aromatic carbocycles. The Morgan fingerprint density at radius 2 is 1.88 bits per heavy atom. The lowest BCUT2D eigenvalue weighted by Gasteiger charge is -2.56. The van der Waals surface area contributed by atoms with Gasteiger partial charge in [0.2, 0.25) is 0 Å². The second kappa shape index (κ2) is 5.49. The average molecular weight is 328 g/mol. The number of hydrogen-bond donors (Lipinski definition) is 0. The molecule has 5 atom stereocenters. The zero-order chi connectivity index (χ0) is 17.1. The second-order valence-corrected chi connectivity index (χ2v) is 9.14. The van der Waals surface area contributed by atoms with Crippen molar-refractivity contribution in [3.63, 3.8) is 0 Å². The van der Waals surface area contributed by atoms with E-state index in [-0.39, 0.29) is 0 Å². The summed E-state index contributed by atoms with van der Waals surface area (Å²) in [6.45, 7) is 5.12. The van der Waals surface area contributed by atoms with E-state index < -0.39 is 0 Å². The van der Waals surface area contributed by atoms with Crippen LogP contribution in [0.3, 0.4) is 0 Å². The minimum atomic E-state index is 0.364. The zero-order valence-electron chi connectivity index (χ0n) is 16.1. The molecular weight excluding hydrogens is 294 g/mol. The van der Waals surface area contributed by atoms with Crippen molar-refractivity contribution in [2.45, 2.75) is 63.8 Å². The third-order valence-corrected chi connectivity index (χ3v) is 8.48. The topological polar surface area (TPSA) is 12.5 Å². The van der Waals surface area contributed by atoms with Crippen LogP contribution in [0.15, 0.2) is 18.2 Å². The molecule has 132 valence electrons. The molecule has 2 heteroatoms. The summed E-state index contributed by atoms with van der Waals surface area (Å²) in [4.78, 5) is 2.52. The number of nitrogens with zero attached hydrogens (tertiary/aromatic N) is 1. The van der Waals surface area contributed by atoms with Gasteiger partial charge in [0.05, 0.1) is 7.11 Å². The van der Waals surface area contributed by atoms with Crippen molar-refractivity contribution in [2.24, 2.45) is 17.3 Å². The molecule has 0 saturated heterocycles. The van der Waals surface area contributed by atoms with Crippen molar-refractivity contribution in [2.75, 3.05) is 21.2 Å². The lowest BCUT2D eigenvalue weighted by molar-refractivity contribution is -0.0364. The third-order valence-electron chi connectivity index (χ3n) is 8.48. The monoisotopic (exact) mass is 327 g/mol. The number of aryl methyl sites for hydroxylation is 1. The normalized spacial score (nSPS) is 40.8. The Labute approximate surface area is 147 Å². The number of rotatable bonds is 2. The first-order chi connectivity index (χ1) is 11.4. The van der Waals surface area contributed by atoms with E-state index in [9.17, 15) is 0 Å². The summed E-state index contributed by atoms with van der Waals surface area (Å²) in [5, 5.41) is 0. The van der Waals surface area contributed by atoms with Gasteiger partial charge in [-0.25, -0.2) is 0 Å². The standard InChI is InChI=1S/C22H33NO/c1-21-12-10-18-17-9-7-16(24-5)14-15(17)6-8-19(18)20(21)11-13-22(21,2)23(3)4/h7,9,14,18-20H,6,8,10-13H2,1-5H3/t18-,19+,20+,21+,22-/m1/s1. The molecule has 4 rings (SSSR count). The molecule has 24 heavy (non-hydrogen) atoms. The predicted molar refractivity (Wildman–Crippen MR) is 99.7 cm³/mol. The number of ether oxygens (including phenoxy) is 1. The first-order valence-corrected chi connectivity index (χ1v) is 9.75. The van der Waals surface area contributed by atoms with Crippen molar-refractivity contribution in [1.82, 2.24) is 4.90 Å². The van der Waals surface area contributed by atoms with Gasteiger partial charge in [-0.3, -0.25) is 0 Å². The van der Waals surface area contributed by atoms with Gasteiger partial charge in [0.15, 0.2) is 0 Å². The molecule has 2 nitrogen and oxygen atoms in total. The van der Waals surface area contributed by atoms with Gasteiger partial charge in [-0.1, -0.05) is 13.0 Å². The van der Waals surface area contributed by atoms with Crippen molar-refractivity contribution in [3.05, 3.63) is 29.3 Å². The molecule has 0 spiro atoms. The summed E-state index contributed by atoms with van der Waals surface area (Å²) in [5.74, 6) is 3.57. The lowest BCUT2D eigenvalue weighted by Crippen LogP contribution is -2.55. The Bertz CT molecular complexity index is 639. The van der Waals surface area contributed by atoms with Crippen LogP contribution >= 0.6 is 0 Å². The first kappa shape index (κ1) is 16.4. The maximum absolute atomic E-state index is 5.45. The van der Waals surface area contributed by atoms with E-state index in [1.807, 2.05) is 0 Å². The fourth-order valence-corrected chi connectivity index (χ4v) is 6.66. The second-order valence-electron chi connectivity index (χ2n) is 9.14. The Morgan fingerprint density at radius 3 is 2.58 bits per heavy atom. The van der Waals surface area contributed by atoms with Crippen LogP contribution in [0.4, 0.5) is 0 Å².